The maximum Gasteiger partial charge on any atom is 0.405 e. The number of amides is 2. The summed E-state index contributed by atoms with van der Waals surface area (Å²) in [6.45, 7) is 0.200. The number of para-hydroxylation sites is 2. The number of hydrogen-bond acceptors (Lipinski definition) is 4. The van der Waals surface area contributed by atoms with Crippen LogP contribution in [0.1, 0.15) is 0 Å². The summed E-state index contributed by atoms with van der Waals surface area (Å²) in [5.74, 6) is -0.392. The molecule has 0 aliphatic carbocycles. The molecule has 0 saturated carbocycles. The standard InChI is InChI=1S/C10H11N3O3/c11-10(15)16-8-5-12-6-3-1-2-4-7(6)13-9(8)14/h1-4,8,12H,5H2,(H2,11,15)(H,13,14). The average molecular weight is 221 g/mol. The summed E-state index contributed by atoms with van der Waals surface area (Å²) in [5, 5.41) is 5.64. The SMILES string of the molecule is NC(=O)OC1CNc2ccccc2NC1=O. The minimum absolute atomic E-state index is 0.200. The van der Waals surface area contributed by atoms with Gasteiger partial charge < -0.3 is 21.1 Å². The smallest absolute Gasteiger partial charge is 0.405 e. The van der Waals surface area contributed by atoms with Gasteiger partial charge in [-0.3, -0.25) is 4.79 Å². The monoisotopic (exact) mass is 221 g/mol. The van der Waals surface area contributed by atoms with Crippen LogP contribution >= 0.6 is 0 Å². The maximum atomic E-state index is 11.6. The molecule has 0 bridgehead atoms. The van der Waals surface area contributed by atoms with E-state index in [0.29, 0.717) is 5.69 Å². The lowest BCUT2D eigenvalue weighted by Gasteiger charge is -2.12. The predicted molar refractivity (Wildman–Crippen MR) is 58.0 cm³/mol. The molecular formula is C10H11N3O3. The van der Waals surface area contributed by atoms with Crippen molar-refractivity contribution in [2.24, 2.45) is 5.73 Å². The molecule has 0 spiro atoms. The van der Waals surface area contributed by atoms with Crippen LogP contribution in [-0.2, 0) is 9.53 Å². The predicted octanol–water partition coefficient (Wildman–Crippen LogP) is 0.514. The molecule has 2 amide bonds. The summed E-state index contributed by atoms with van der Waals surface area (Å²) < 4.78 is 4.68. The van der Waals surface area contributed by atoms with E-state index in [4.69, 9.17) is 5.73 Å². The van der Waals surface area contributed by atoms with Crippen LogP contribution in [0.5, 0.6) is 0 Å². The highest BCUT2D eigenvalue weighted by Crippen LogP contribution is 2.23. The Bertz CT molecular complexity index is 433. The van der Waals surface area contributed by atoms with Crippen LogP contribution in [0.15, 0.2) is 24.3 Å². The molecule has 1 aromatic carbocycles. The lowest BCUT2D eigenvalue weighted by Crippen LogP contribution is -2.37. The van der Waals surface area contributed by atoms with E-state index in [2.05, 4.69) is 15.4 Å². The number of nitrogens with two attached hydrogens (primary N) is 1. The van der Waals surface area contributed by atoms with Crippen LogP contribution in [0.2, 0.25) is 0 Å². The summed E-state index contributed by atoms with van der Waals surface area (Å²) in [5.41, 5.74) is 6.31. The molecule has 1 unspecified atom stereocenters. The number of fused-ring (bicyclic) bond motifs is 1. The summed E-state index contributed by atoms with van der Waals surface area (Å²) in [6.07, 6.45) is -1.88. The van der Waals surface area contributed by atoms with Crippen molar-refractivity contribution in [3.8, 4) is 0 Å². The molecular weight excluding hydrogens is 210 g/mol. The van der Waals surface area contributed by atoms with Gasteiger partial charge in [-0.2, -0.15) is 0 Å². The first kappa shape index (κ1) is 10.3. The Hall–Kier alpha value is -2.24. The van der Waals surface area contributed by atoms with Gasteiger partial charge in [-0.15, -0.1) is 0 Å². The summed E-state index contributed by atoms with van der Waals surface area (Å²) in [4.78, 5) is 22.2. The summed E-state index contributed by atoms with van der Waals surface area (Å²) >= 11 is 0. The molecule has 1 heterocycles. The highest BCUT2D eigenvalue weighted by molar-refractivity contribution is 5.99. The largest absolute Gasteiger partial charge is 0.434 e. The van der Waals surface area contributed by atoms with Crippen molar-refractivity contribution in [3.05, 3.63) is 24.3 Å². The van der Waals surface area contributed by atoms with E-state index >= 15 is 0 Å². The number of anilines is 2. The lowest BCUT2D eigenvalue weighted by atomic mass is 10.2. The molecule has 1 aliphatic rings. The molecule has 0 aromatic heterocycles. The summed E-state index contributed by atoms with van der Waals surface area (Å²) in [6, 6.07) is 7.22. The normalized spacial score (nSPS) is 18.8. The Morgan fingerprint density at radius 1 is 1.38 bits per heavy atom. The molecule has 0 radical (unpaired) electrons. The first-order valence-electron chi connectivity index (χ1n) is 4.76. The van der Waals surface area contributed by atoms with E-state index in [1.54, 1.807) is 12.1 Å². The third kappa shape index (κ3) is 2.05. The first-order chi connectivity index (χ1) is 7.66. The van der Waals surface area contributed by atoms with E-state index < -0.39 is 18.1 Å². The van der Waals surface area contributed by atoms with Crippen LogP contribution in [0, 0.1) is 0 Å². The van der Waals surface area contributed by atoms with Gasteiger partial charge in [0.25, 0.3) is 5.91 Å². The number of nitrogens with one attached hydrogen (secondary N) is 2. The Balaban J connectivity index is 2.18. The van der Waals surface area contributed by atoms with Gasteiger partial charge in [0.2, 0.25) is 0 Å². The van der Waals surface area contributed by atoms with Crippen molar-refractivity contribution in [3.63, 3.8) is 0 Å². The number of carbonyl (C=O) groups is 2. The number of primary amides is 1. The molecule has 2 rings (SSSR count). The topological polar surface area (TPSA) is 93.5 Å². The molecule has 4 N–H and O–H groups in total. The van der Waals surface area contributed by atoms with Gasteiger partial charge in [-0.05, 0) is 12.1 Å². The quantitative estimate of drug-likeness (QED) is 0.644. The number of ether oxygens (including phenoxy) is 1. The maximum absolute atomic E-state index is 11.6. The molecule has 0 fully saturated rings. The number of benzene rings is 1. The van der Waals surface area contributed by atoms with Crippen molar-refractivity contribution in [2.75, 3.05) is 17.2 Å². The van der Waals surface area contributed by atoms with E-state index in [0.717, 1.165) is 5.69 Å². The zero-order chi connectivity index (χ0) is 11.5. The highest BCUT2D eigenvalue weighted by Gasteiger charge is 2.25. The molecule has 16 heavy (non-hydrogen) atoms. The van der Waals surface area contributed by atoms with E-state index in [1.807, 2.05) is 12.1 Å². The Morgan fingerprint density at radius 2 is 2.06 bits per heavy atom. The van der Waals surface area contributed by atoms with Crippen LogP contribution < -0.4 is 16.4 Å². The first-order valence-corrected chi connectivity index (χ1v) is 4.76. The van der Waals surface area contributed by atoms with Crippen molar-refractivity contribution < 1.29 is 14.3 Å². The molecule has 6 nitrogen and oxygen atoms in total. The fourth-order valence-electron chi connectivity index (χ4n) is 1.49. The Morgan fingerprint density at radius 3 is 2.75 bits per heavy atom. The van der Waals surface area contributed by atoms with Crippen molar-refractivity contribution in [1.82, 2.24) is 0 Å². The van der Waals surface area contributed by atoms with Gasteiger partial charge in [0.05, 0.1) is 17.9 Å². The minimum Gasteiger partial charge on any atom is -0.434 e. The van der Waals surface area contributed by atoms with E-state index in [-0.39, 0.29) is 6.54 Å². The van der Waals surface area contributed by atoms with Crippen molar-refractivity contribution in [1.29, 1.82) is 0 Å². The van der Waals surface area contributed by atoms with Gasteiger partial charge >= 0.3 is 6.09 Å². The van der Waals surface area contributed by atoms with Crippen LogP contribution in [-0.4, -0.2) is 24.6 Å². The van der Waals surface area contributed by atoms with E-state index in [1.165, 1.54) is 0 Å². The zero-order valence-electron chi connectivity index (χ0n) is 8.40. The third-order valence-electron chi connectivity index (χ3n) is 2.21. The van der Waals surface area contributed by atoms with Crippen molar-refractivity contribution in [2.45, 2.75) is 6.10 Å². The average Bonchev–Trinajstić information content (AvgIpc) is 2.39. The fraction of sp³-hybridized carbons (Fsp3) is 0.200. The van der Waals surface area contributed by atoms with Crippen molar-refractivity contribution >= 4 is 23.4 Å². The second kappa shape index (κ2) is 4.09. The second-order valence-corrected chi connectivity index (χ2v) is 3.34. The van der Waals surface area contributed by atoms with Gasteiger partial charge in [0, 0.05) is 0 Å². The van der Waals surface area contributed by atoms with Crippen LogP contribution in [0.3, 0.4) is 0 Å². The van der Waals surface area contributed by atoms with Gasteiger partial charge in [-0.25, -0.2) is 4.79 Å². The van der Waals surface area contributed by atoms with E-state index in [9.17, 15) is 9.59 Å². The van der Waals surface area contributed by atoms with Gasteiger partial charge in [0.15, 0.2) is 6.10 Å². The fourth-order valence-corrected chi connectivity index (χ4v) is 1.49. The zero-order valence-corrected chi connectivity index (χ0v) is 8.40. The van der Waals surface area contributed by atoms with Gasteiger partial charge in [-0.1, -0.05) is 12.1 Å². The summed E-state index contributed by atoms with van der Waals surface area (Å²) in [7, 11) is 0. The molecule has 1 aromatic rings. The Labute approximate surface area is 91.8 Å². The molecule has 1 atom stereocenters. The molecule has 6 heteroatoms. The number of rotatable bonds is 1. The van der Waals surface area contributed by atoms with Crippen LogP contribution in [0.4, 0.5) is 16.2 Å². The highest BCUT2D eigenvalue weighted by atomic mass is 16.6. The third-order valence-corrected chi connectivity index (χ3v) is 2.21. The van der Waals surface area contributed by atoms with Crippen LogP contribution in [0.25, 0.3) is 0 Å². The number of carbonyl (C=O) groups excluding carboxylic acids is 2. The Kier molecular flexibility index (Phi) is 2.63. The van der Waals surface area contributed by atoms with Gasteiger partial charge in [0.1, 0.15) is 0 Å². The molecule has 0 saturated heterocycles. The minimum atomic E-state index is -0.965. The molecule has 84 valence electrons. The lowest BCUT2D eigenvalue weighted by molar-refractivity contribution is -0.123. The molecule has 1 aliphatic heterocycles. The number of hydrogen-bond donors (Lipinski definition) is 3. The second-order valence-electron chi connectivity index (χ2n) is 3.34.